The zero-order chi connectivity index (χ0) is 19.4. The molecule has 6 heteroatoms. The first kappa shape index (κ1) is 18.7. The van der Waals surface area contributed by atoms with Gasteiger partial charge in [0.1, 0.15) is 29.4 Å². The first-order valence-electron chi connectivity index (χ1n) is 8.75. The van der Waals surface area contributed by atoms with Crippen LogP contribution in [0, 0.1) is 5.92 Å². The Kier molecular flexibility index (Phi) is 5.57. The highest BCUT2D eigenvalue weighted by molar-refractivity contribution is 5.82. The van der Waals surface area contributed by atoms with Crippen LogP contribution in [0.4, 0.5) is 0 Å². The number of hydrogen-bond acceptors (Lipinski definition) is 6. The lowest BCUT2D eigenvalue weighted by Crippen LogP contribution is -2.39. The van der Waals surface area contributed by atoms with Gasteiger partial charge in [0.05, 0.1) is 5.39 Å². The van der Waals surface area contributed by atoms with Crippen LogP contribution in [0.2, 0.25) is 0 Å². The summed E-state index contributed by atoms with van der Waals surface area (Å²) in [5.41, 5.74) is 5.87. The third-order valence-corrected chi connectivity index (χ3v) is 4.43. The topological polar surface area (TPSA) is 91.8 Å². The Bertz CT molecular complexity index is 996. The molecule has 0 fully saturated rings. The van der Waals surface area contributed by atoms with Crippen molar-refractivity contribution in [3.63, 3.8) is 0 Å². The van der Waals surface area contributed by atoms with E-state index in [9.17, 15) is 9.59 Å². The molecule has 140 valence electrons. The average molecular weight is 367 g/mol. The summed E-state index contributed by atoms with van der Waals surface area (Å²) in [5.74, 6) is 0.376. The summed E-state index contributed by atoms with van der Waals surface area (Å²) in [6, 6.07) is 12.8. The molecule has 3 aromatic rings. The first-order chi connectivity index (χ1) is 13.0. The molecule has 0 amide bonds. The van der Waals surface area contributed by atoms with E-state index in [1.807, 2.05) is 32.0 Å². The highest BCUT2D eigenvalue weighted by Gasteiger charge is 2.22. The van der Waals surface area contributed by atoms with Gasteiger partial charge in [-0.25, -0.2) is 4.79 Å². The second-order valence-corrected chi connectivity index (χ2v) is 6.33. The second-order valence-electron chi connectivity index (χ2n) is 6.33. The molecule has 0 unspecified atom stereocenters. The highest BCUT2D eigenvalue weighted by Crippen LogP contribution is 2.24. The molecule has 3 rings (SSSR count). The van der Waals surface area contributed by atoms with Crippen LogP contribution in [0.15, 0.2) is 64.0 Å². The smallest absolute Gasteiger partial charge is 0.328 e. The Balaban J connectivity index is 1.84. The van der Waals surface area contributed by atoms with Crippen LogP contribution < -0.4 is 20.6 Å². The molecule has 0 radical (unpaired) electrons. The standard InChI is InChI=1S/C21H21NO5/c1-3-13(2)19(22)21(24)27-15-9-10-16-17(11-15)25-12-18(20(16)23)26-14-7-5-4-6-8-14/h4-13,19H,3,22H2,1-2H3/t13-,19-/m1/s1. The average Bonchev–Trinajstić information content (AvgIpc) is 2.69. The van der Waals surface area contributed by atoms with E-state index < -0.39 is 12.0 Å². The van der Waals surface area contributed by atoms with Gasteiger partial charge in [0.2, 0.25) is 11.2 Å². The van der Waals surface area contributed by atoms with Crippen LogP contribution in [0.1, 0.15) is 20.3 Å². The van der Waals surface area contributed by atoms with Gasteiger partial charge in [-0.1, -0.05) is 38.5 Å². The van der Waals surface area contributed by atoms with E-state index in [1.165, 1.54) is 24.5 Å². The lowest BCUT2D eigenvalue weighted by molar-refractivity contribution is -0.137. The summed E-state index contributed by atoms with van der Waals surface area (Å²) in [6.45, 7) is 3.84. The number of fused-ring (bicyclic) bond motifs is 1. The third-order valence-electron chi connectivity index (χ3n) is 4.43. The van der Waals surface area contributed by atoms with Gasteiger partial charge in [-0.3, -0.25) is 4.79 Å². The van der Waals surface area contributed by atoms with E-state index in [2.05, 4.69) is 0 Å². The van der Waals surface area contributed by atoms with Crippen LogP contribution in [0.25, 0.3) is 11.0 Å². The fourth-order valence-electron chi connectivity index (χ4n) is 2.51. The van der Waals surface area contributed by atoms with Crippen molar-refractivity contribution in [3.05, 3.63) is 65.0 Å². The van der Waals surface area contributed by atoms with E-state index in [0.717, 1.165) is 6.42 Å². The molecule has 2 atom stereocenters. The molecule has 0 aliphatic heterocycles. The Hall–Kier alpha value is -3.12. The Morgan fingerprint density at radius 1 is 1.15 bits per heavy atom. The molecule has 0 saturated heterocycles. The third kappa shape index (κ3) is 4.17. The number of nitrogens with two attached hydrogens (primary N) is 1. The first-order valence-corrected chi connectivity index (χ1v) is 8.75. The van der Waals surface area contributed by atoms with Gasteiger partial charge in [0.15, 0.2) is 0 Å². The highest BCUT2D eigenvalue weighted by atomic mass is 16.5. The lowest BCUT2D eigenvalue weighted by atomic mass is 10.0. The van der Waals surface area contributed by atoms with Crippen molar-refractivity contribution in [2.75, 3.05) is 0 Å². The molecular weight excluding hydrogens is 346 g/mol. The van der Waals surface area contributed by atoms with Gasteiger partial charge in [-0.05, 0) is 30.2 Å². The number of hydrogen-bond donors (Lipinski definition) is 1. The van der Waals surface area contributed by atoms with Crippen molar-refractivity contribution < 1.29 is 18.7 Å². The Labute approximate surface area is 156 Å². The number of para-hydroxylation sites is 1. The number of ether oxygens (including phenoxy) is 2. The van der Waals surface area contributed by atoms with E-state index in [1.54, 1.807) is 12.1 Å². The van der Waals surface area contributed by atoms with E-state index in [4.69, 9.17) is 19.6 Å². The van der Waals surface area contributed by atoms with Gasteiger partial charge < -0.3 is 19.6 Å². The van der Waals surface area contributed by atoms with Crippen molar-refractivity contribution in [1.29, 1.82) is 0 Å². The van der Waals surface area contributed by atoms with Crippen LogP contribution in [-0.4, -0.2) is 12.0 Å². The predicted molar refractivity (Wildman–Crippen MR) is 102 cm³/mol. The maximum Gasteiger partial charge on any atom is 0.328 e. The SMILES string of the molecule is CC[C@@H](C)[C@@H](N)C(=O)Oc1ccc2c(=O)c(Oc3ccccc3)coc2c1. The minimum Gasteiger partial charge on any atom is -0.460 e. The lowest BCUT2D eigenvalue weighted by Gasteiger charge is -2.16. The molecule has 1 aromatic heterocycles. The van der Waals surface area contributed by atoms with Crippen molar-refractivity contribution in [3.8, 4) is 17.2 Å². The molecule has 0 bridgehead atoms. The molecule has 0 saturated carbocycles. The van der Waals surface area contributed by atoms with Gasteiger partial charge in [0.25, 0.3) is 0 Å². The number of esters is 1. The largest absolute Gasteiger partial charge is 0.460 e. The van der Waals surface area contributed by atoms with Gasteiger partial charge in [0, 0.05) is 6.07 Å². The van der Waals surface area contributed by atoms with E-state index >= 15 is 0 Å². The second kappa shape index (κ2) is 8.05. The maximum absolute atomic E-state index is 12.6. The predicted octanol–water partition coefficient (Wildman–Crippen LogP) is 3.86. The monoisotopic (exact) mass is 367 g/mol. The number of rotatable bonds is 6. The summed E-state index contributed by atoms with van der Waals surface area (Å²) in [4.78, 5) is 24.7. The van der Waals surface area contributed by atoms with Gasteiger partial charge >= 0.3 is 5.97 Å². The van der Waals surface area contributed by atoms with Crippen LogP contribution in [0.5, 0.6) is 17.2 Å². The fourth-order valence-corrected chi connectivity index (χ4v) is 2.51. The van der Waals surface area contributed by atoms with Crippen molar-refractivity contribution in [2.45, 2.75) is 26.3 Å². The van der Waals surface area contributed by atoms with Crippen molar-refractivity contribution >= 4 is 16.9 Å². The molecule has 6 nitrogen and oxygen atoms in total. The van der Waals surface area contributed by atoms with E-state index in [-0.39, 0.29) is 22.8 Å². The van der Waals surface area contributed by atoms with Crippen molar-refractivity contribution in [1.82, 2.24) is 0 Å². The van der Waals surface area contributed by atoms with E-state index in [0.29, 0.717) is 16.7 Å². The number of carbonyl (C=O) groups excluding carboxylic acids is 1. The molecule has 2 aromatic carbocycles. The zero-order valence-corrected chi connectivity index (χ0v) is 15.2. The van der Waals surface area contributed by atoms with Crippen LogP contribution in [0.3, 0.4) is 0 Å². The van der Waals surface area contributed by atoms with Crippen LogP contribution >= 0.6 is 0 Å². The molecule has 0 aliphatic carbocycles. The summed E-state index contributed by atoms with van der Waals surface area (Å²) < 4.78 is 16.4. The minimum absolute atomic E-state index is 0.00795. The summed E-state index contributed by atoms with van der Waals surface area (Å²) in [5, 5.41) is 0.328. The number of carbonyl (C=O) groups is 1. The molecule has 0 aliphatic rings. The summed E-state index contributed by atoms with van der Waals surface area (Å²) >= 11 is 0. The Morgan fingerprint density at radius 2 is 1.89 bits per heavy atom. The summed E-state index contributed by atoms with van der Waals surface area (Å²) in [7, 11) is 0. The molecule has 0 spiro atoms. The Morgan fingerprint density at radius 3 is 2.59 bits per heavy atom. The maximum atomic E-state index is 12.6. The molecule has 27 heavy (non-hydrogen) atoms. The van der Waals surface area contributed by atoms with Gasteiger partial charge in [-0.2, -0.15) is 0 Å². The zero-order valence-electron chi connectivity index (χ0n) is 15.2. The quantitative estimate of drug-likeness (QED) is 0.525. The number of benzene rings is 2. The van der Waals surface area contributed by atoms with Gasteiger partial charge in [-0.15, -0.1) is 0 Å². The normalized spacial score (nSPS) is 13.1. The molecule has 2 N–H and O–H groups in total. The summed E-state index contributed by atoms with van der Waals surface area (Å²) in [6.07, 6.45) is 2.02. The van der Waals surface area contributed by atoms with Crippen LogP contribution in [-0.2, 0) is 4.79 Å². The molecule has 1 heterocycles. The molecular formula is C21H21NO5. The fraction of sp³-hybridized carbons (Fsp3) is 0.238. The van der Waals surface area contributed by atoms with Crippen molar-refractivity contribution in [2.24, 2.45) is 11.7 Å². The minimum atomic E-state index is -0.709.